The minimum absolute atomic E-state index is 0.0210. The zero-order chi connectivity index (χ0) is 44.4. The molecule has 2 heterocycles. The molecule has 2 N–H and O–H groups in total. The van der Waals surface area contributed by atoms with E-state index in [9.17, 15) is 27.9 Å². The molecule has 0 aromatic heterocycles. The number of Topliss-reactive ketones (excluding diaryl/α,β-unsaturated/α-hetero) is 1. The van der Waals surface area contributed by atoms with Crippen LogP contribution in [0.1, 0.15) is 50.6 Å². The highest BCUT2D eigenvalue weighted by molar-refractivity contribution is 7.89. The molecule has 0 bridgehead atoms. The maximum Gasteiger partial charge on any atom is 0.326 e. The van der Waals surface area contributed by atoms with E-state index in [0.717, 1.165) is 21.0 Å². The van der Waals surface area contributed by atoms with Crippen molar-refractivity contribution in [2.45, 2.75) is 62.4 Å². The monoisotopic (exact) mass is 899 g/mol. The van der Waals surface area contributed by atoms with E-state index in [4.69, 9.17) is 37.9 Å². The topological polar surface area (TPSA) is 163 Å². The van der Waals surface area contributed by atoms with Crippen LogP contribution in [0.25, 0.3) is 11.1 Å². The molecule has 14 heteroatoms. The third kappa shape index (κ3) is 9.33. The standard InChI is InChI=1S/C49H39Cl2N3O8S/c1-29-4-2-3-5-46(29)63(59,60)54-27-38-25-45-37(24-44(55)47(62-45)35-15-17-39(18-16-35)61-28-32-10-19-40(50)41(51)20-32)22-36(38)23-43(54)48(56)53-42(49(57)58)21-30-6-11-33(12-7-30)34-13-8-31(26-52)9-14-34/h2-20,22,25,42-43,47H,21,23-24,27-28H2,1H3,(H,53,56)(H,57,58)/t42-,43-,47?/m0/s1. The van der Waals surface area contributed by atoms with E-state index >= 15 is 0 Å². The van der Waals surface area contributed by atoms with Gasteiger partial charge < -0.3 is 19.9 Å². The number of nitrogens with one attached hydrogen (secondary N) is 1. The summed E-state index contributed by atoms with van der Waals surface area (Å²) >= 11 is 12.2. The first kappa shape index (κ1) is 43.2. The molecule has 11 nitrogen and oxygen atoms in total. The smallest absolute Gasteiger partial charge is 0.326 e. The highest BCUT2D eigenvalue weighted by Crippen LogP contribution is 2.39. The van der Waals surface area contributed by atoms with Gasteiger partial charge in [-0.25, -0.2) is 13.2 Å². The van der Waals surface area contributed by atoms with Crippen LogP contribution in [-0.4, -0.2) is 47.6 Å². The van der Waals surface area contributed by atoms with E-state index in [1.54, 1.807) is 97.9 Å². The molecule has 0 saturated carbocycles. The summed E-state index contributed by atoms with van der Waals surface area (Å²) in [5, 5.41) is 22.9. The number of carbonyl (C=O) groups is 3. The number of carboxylic acids is 1. The fraction of sp³-hybridized carbons (Fsp3) is 0.184. The third-order valence-electron chi connectivity index (χ3n) is 11.3. The number of amides is 1. The number of benzene rings is 6. The number of aryl methyl sites for hydroxylation is 1. The number of fused-ring (bicyclic) bond motifs is 2. The molecule has 2 aliphatic heterocycles. The Morgan fingerprint density at radius 3 is 2.22 bits per heavy atom. The minimum atomic E-state index is -4.31. The van der Waals surface area contributed by atoms with Crippen LogP contribution >= 0.6 is 23.2 Å². The summed E-state index contributed by atoms with van der Waals surface area (Å²) < 4.78 is 42.3. The van der Waals surface area contributed by atoms with Crippen molar-refractivity contribution >= 4 is 50.9 Å². The molecular weight excluding hydrogens is 862 g/mol. The molecule has 0 saturated heterocycles. The van der Waals surface area contributed by atoms with E-state index in [0.29, 0.717) is 60.5 Å². The van der Waals surface area contributed by atoms with E-state index < -0.39 is 40.1 Å². The number of sulfonamides is 1. The van der Waals surface area contributed by atoms with Gasteiger partial charge in [-0.05, 0) is 101 Å². The van der Waals surface area contributed by atoms with Crippen molar-refractivity contribution in [3.8, 4) is 28.7 Å². The van der Waals surface area contributed by atoms with E-state index in [-0.39, 0.29) is 43.1 Å². The van der Waals surface area contributed by atoms with Gasteiger partial charge in [-0.2, -0.15) is 9.57 Å². The van der Waals surface area contributed by atoms with Gasteiger partial charge in [-0.15, -0.1) is 0 Å². The van der Waals surface area contributed by atoms with Crippen molar-refractivity contribution in [1.29, 1.82) is 5.26 Å². The van der Waals surface area contributed by atoms with Crippen molar-refractivity contribution in [1.82, 2.24) is 9.62 Å². The van der Waals surface area contributed by atoms with Gasteiger partial charge >= 0.3 is 5.97 Å². The number of carboxylic acid groups (broad SMARTS) is 1. The summed E-state index contributed by atoms with van der Waals surface area (Å²) in [5.41, 5.74) is 6.67. The lowest BCUT2D eigenvalue weighted by atomic mass is 9.89. The highest BCUT2D eigenvalue weighted by Gasteiger charge is 2.42. The zero-order valence-corrected chi connectivity index (χ0v) is 36.1. The van der Waals surface area contributed by atoms with Gasteiger partial charge in [0.2, 0.25) is 15.9 Å². The fourth-order valence-corrected chi connectivity index (χ4v) is 9.99. The Morgan fingerprint density at radius 2 is 1.56 bits per heavy atom. The number of ether oxygens (including phenoxy) is 2. The van der Waals surface area contributed by atoms with Gasteiger partial charge in [0, 0.05) is 30.5 Å². The van der Waals surface area contributed by atoms with E-state index in [2.05, 4.69) is 11.4 Å². The number of rotatable bonds is 12. The highest BCUT2D eigenvalue weighted by atomic mass is 35.5. The Kier molecular flexibility index (Phi) is 12.4. The molecule has 0 radical (unpaired) electrons. The Labute approximate surface area is 374 Å². The Balaban J connectivity index is 1.02. The molecule has 0 fully saturated rings. The quantitative estimate of drug-likeness (QED) is 0.123. The largest absolute Gasteiger partial charge is 0.489 e. The van der Waals surface area contributed by atoms with Crippen molar-refractivity contribution in [2.75, 3.05) is 0 Å². The second-order valence-electron chi connectivity index (χ2n) is 15.5. The Hall–Kier alpha value is -6.49. The minimum Gasteiger partial charge on any atom is -0.489 e. The van der Waals surface area contributed by atoms with Crippen LogP contribution in [0.3, 0.4) is 0 Å². The van der Waals surface area contributed by atoms with E-state index in [1.165, 1.54) is 6.07 Å². The Morgan fingerprint density at radius 1 is 0.873 bits per heavy atom. The van der Waals surface area contributed by atoms with Gasteiger partial charge in [0.15, 0.2) is 11.9 Å². The second kappa shape index (κ2) is 18.1. The molecule has 3 atom stereocenters. The number of halogens is 2. The summed E-state index contributed by atoms with van der Waals surface area (Å²) in [4.78, 5) is 40.5. The first-order chi connectivity index (χ1) is 30.3. The molecule has 8 rings (SSSR count). The maximum atomic E-state index is 14.5. The van der Waals surface area contributed by atoms with Crippen LogP contribution in [0, 0.1) is 18.3 Å². The third-order valence-corrected chi connectivity index (χ3v) is 14.0. The summed E-state index contributed by atoms with van der Waals surface area (Å²) in [6, 6.07) is 35.9. The summed E-state index contributed by atoms with van der Waals surface area (Å²) in [6.07, 6.45) is -1.03. The molecule has 6 aromatic rings. The molecule has 2 aliphatic rings. The lowest BCUT2D eigenvalue weighted by Gasteiger charge is -2.37. The van der Waals surface area contributed by atoms with Crippen molar-refractivity contribution in [2.24, 2.45) is 0 Å². The number of ketones is 1. The number of hydrogen-bond acceptors (Lipinski definition) is 8. The van der Waals surface area contributed by atoms with Crippen LogP contribution in [0.15, 0.2) is 132 Å². The van der Waals surface area contributed by atoms with Gasteiger partial charge in [0.1, 0.15) is 30.2 Å². The maximum absolute atomic E-state index is 14.5. The van der Waals surface area contributed by atoms with Crippen molar-refractivity contribution in [3.63, 3.8) is 0 Å². The molecule has 1 unspecified atom stereocenters. The van der Waals surface area contributed by atoms with Crippen LogP contribution < -0.4 is 14.8 Å². The van der Waals surface area contributed by atoms with Crippen LogP contribution in [-0.2, 0) is 56.8 Å². The molecule has 318 valence electrons. The zero-order valence-electron chi connectivity index (χ0n) is 33.8. The molecule has 63 heavy (non-hydrogen) atoms. The van der Waals surface area contributed by atoms with Crippen molar-refractivity contribution in [3.05, 3.63) is 182 Å². The predicted octanol–water partition coefficient (Wildman–Crippen LogP) is 8.59. The number of hydrogen-bond donors (Lipinski definition) is 2. The molecule has 0 aliphatic carbocycles. The lowest BCUT2D eigenvalue weighted by Crippen LogP contribution is -2.55. The van der Waals surface area contributed by atoms with Gasteiger partial charge in [0.05, 0.1) is 26.6 Å². The average molecular weight is 901 g/mol. The molecular formula is C49H39Cl2N3O8S. The lowest BCUT2D eigenvalue weighted by molar-refractivity contribution is -0.142. The summed E-state index contributed by atoms with van der Waals surface area (Å²) in [7, 11) is -4.31. The summed E-state index contributed by atoms with van der Waals surface area (Å²) in [5.74, 6) is -1.25. The van der Waals surface area contributed by atoms with Crippen LogP contribution in [0.4, 0.5) is 0 Å². The van der Waals surface area contributed by atoms with Crippen LogP contribution in [0.2, 0.25) is 10.0 Å². The number of carbonyl (C=O) groups excluding carboxylic acids is 2. The Bertz CT molecular complexity index is 2900. The number of nitrogens with zero attached hydrogens (tertiary/aromatic N) is 2. The van der Waals surface area contributed by atoms with Gasteiger partial charge in [-0.1, -0.05) is 102 Å². The van der Waals surface area contributed by atoms with Crippen molar-refractivity contribution < 1.29 is 37.4 Å². The first-order valence-corrected chi connectivity index (χ1v) is 22.2. The molecule has 1 amide bonds. The number of nitriles is 1. The van der Waals surface area contributed by atoms with E-state index in [1.807, 2.05) is 30.3 Å². The number of aliphatic carboxylic acids is 1. The predicted molar refractivity (Wildman–Crippen MR) is 237 cm³/mol. The van der Waals surface area contributed by atoms with Gasteiger partial charge in [0.25, 0.3) is 0 Å². The average Bonchev–Trinajstić information content (AvgIpc) is 3.28. The molecule has 6 aromatic carbocycles. The molecule has 0 spiro atoms. The normalized spacial score (nSPS) is 16.4. The fourth-order valence-electron chi connectivity index (χ4n) is 7.88. The summed E-state index contributed by atoms with van der Waals surface area (Å²) in [6.45, 7) is 1.71. The SMILES string of the molecule is Cc1ccccc1S(=O)(=O)N1Cc2cc3c(cc2C[C@H]1C(=O)N[C@@H](Cc1ccc(-c2ccc(C#N)cc2)cc1)C(=O)O)CC(=O)C(c1ccc(OCc2ccc(Cl)c(Cl)c2)cc1)O3. The second-order valence-corrected chi connectivity index (χ2v) is 18.2. The van der Waals surface area contributed by atoms with Gasteiger partial charge in [-0.3, -0.25) is 9.59 Å². The van der Waals surface area contributed by atoms with Crippen LogP contribution in [0.5, 0.6) is 11.5 Å². The first-order valence-electron chi connectivity index (χ1n) is 20.0.